The third-order valence-corrected chi connectivity index (χ3v) is 6.40. The Morgan fingerprint density at radius 3 is 1.97 bits per heavy atom. The van der Waals surface area contributed by atoms with Crippen molar-refractivity contribution in [1.29, 1.82) is 0 Å². The third kappa shape index (κ3) is 5.73. The fraction of sp³-hybridized carbons (Fsp3) is 0.133. The lowest BCUT2D eigenvalue weighted by molar-refractivity contribution is -0.136. The van der Waals surface area contributed by atoms with Crippen LogP contribution < -0.4 is 10.2 Å². The van der Waals surface area contributed by atoms with Crippen molar-refractivity contribution < 1.29 is 14.6 Å². The largest absolute Gasteiger partial charge is 0.488 e. The molecule has 0 spiro atoms. The van der Waals surface area contributed by atoms with Crippen LogP contribution in [-0.4, -0.2) is 17.2 Å². The van der Waals surface area contributed by atoms with Crippen LogP contribution in [-0.2, 0) is 17.0 Å². The van der Waals surface area contributed by atoms with Gasteiger partial charge in [-0.25, -0.2) is 5.43 Å². The predicted molar refractivity (Wildman–Crippen MR) is 146 cm³/mol. The molecule has 0 saturated carbocycles. The minimum absolute atomic E-state index is 0.461. The van der Waals surface area contributed by atoms with Crippen LogP contribution in [0.25, 0.3) is 0 Å². The lowest BCUT2D eigenvalue weighted by Gasteiger charge is -2.27. The van der Waals surface area contributed by atoms with Crippen LogP contribution in [0.1, 0.15) is 33.4 Å². The lowest BCUT2D eigenvalue weighted by atomic mass is 9.85. The molecule has 0 heterocycles. The number of hydrogen-bond donors (Lipinski definition) is 2. The van der Waals surface area contributed by atoms with E-state index in [0.29, 0.717) is 17.7 Å². The Labute approximate surface area is 219 Å². The fourth-order valence-corrected chi connectivity index (χ4v) is 4.32. The second kappa shape index (κ2) is 11.3. The molecule has 36 heavy (non-hydrogen) atoms. The van der Waals surface area contributed by atoms with Crippen molar-refractivity contribution in [1.82, 2.24) is 5.43 Å². The molecule has 0 aliphatic heterocycles. The summed E-state index contributed by atoms with van der Waals surface area (Å²) in [6, 6.07) is 29.6. The van der Waals surface area contributed by atoms with E-state index in [9.17, 15) is 9.90 Å². The average Bonchev–Trinajstić information content (AvgIpc) is 2.89. The van der Waals surface area contributed by atoms with Gasteiger partial charge >= 0.3 is 0 Å². The summed E-state index contributed by atoms with van der Waals surface area (Å²) in [6.45, 7) is 4.42. The highest BCUT2D eigenvalue weighted by molar-refractivity contribution is 9.10. The topological polar surface area (TPSA) is 70.9 Å². The zero-order valence-corrected chi connectivity index (χ0v) is 21.7. The summed E-state index contributed by atoms with van der Waals surface area (Å²) in [6.07, 6.45) is 1.56. The summed E-state index contributed by atoms with van der Waals surface area (Å²) in [7, 11) is 0. The van der Waals surface area contributed by atoms with E-state index in [0.717, 1.165) is 32.5 Å². The van der Waals surface area contributed by atoms with Crippen LogP contribution in [0.3, 0.4) is 0 Å². The first-order valence-electron chi connectivity index (χ1n) is 11.5. The Bertz CT molecular complexity index is 1290. The van der Waals surface area contributed by atoms with Crippen LogP contribution in [0.15, 0.2) is 107 Å². The molecule has 4 rings (SSSR count). The molecule has 4 aromatic rings. The zero-order valence-electron chi connectivity index (χ0n) is 20.1. The molecule has 0 aromatic heterocycles. The number of ether oxygens (including phenoxy) is 1. The number of nitrogens with zero attached hydrogens (tertiary/aromatic N) is 1. The van der Waals surface area contributed by atoms with Crippen molar-refractivity contribution in [3.63, 3.8) is 0 Å². The molecular formula is C30H27BrN2O3. The summed E-state index contributed by atoms with van der Waals surface area (Å²) in [5.74, 6) is 0.181. The zero-order chi connectivity index (χ0) is 25.5. The van der Waals surface area contributed by atoms with Gasteiger partial charge in [-0.2, -0.15) is 5.10 Å². The highest BCUT2D eigenvalue weighted by Gasteiger charge is 2.39. The highest BCUT2D eigenvalue weighted by Crippen LogP contribution is 2.30. The highest BCUT2D eigenvalue weighted by atomic mass is 79.9. The summed E-state index contributed by atoms with van der Waals surface area (Å²) in [5, 5.41) is 15.6. The average molecular weight is 543 g/mol. The number of amides is 1. The van der Waals surface area contributed by atoms with E-state index < -0.39 is 11.5 Å². The molecule has 0 saturated heterocycles. The number of hydrogen-bond acceptors (Lipinski definition) is 4. The molecule has 182 valence electrons. The number of halogens is 1. The van der Waals surface area contributed by atoms with E-state index in [1.54, 1.807) is 54.7 Å². The number of carbonyl (C=O) groups is 1. The second-order valence-electron chi connectivity index (χ2n) is 8.54. The minimum Gasteiger partial charge on any atom is -0.488 e. The molecule has 0 aliphatic carbocycles. The van der Waals surface area contributed by atoms with Gasteiger partial charge in [-0.05, 0) is 71.5 Å². The second-order valence-corrected chi connectivity index (χ2v) is 9.46. The van der Waals surface area contributed by atoms with E-state index in [2.05, 4.69) is 26.5 Å². The third-order valence-electron chi connectivity index (χ3n) is 5.87. The van der Waals surface area contributed by atoms with Gasteiger partial charge in [0.1, 0.15) is 12.4 Å². The van der Waals surface area contributed by atoms with Gasteiger partial charge in [0.15, 0.2) is 5.60 Å². The van der Waals surface area contributed by atoms with Gasteiger partial charge in [0.2, 0.25) is 0 Å². The number of nitrogens with one attached hydrogen (secondary N) is 1. The molecule has 0 unspecified atom stereocenters. The van der Waals surface area contributed by atoms with Crippen LogP contribution in [0.4, 0.5) is 0 Å². The Morgan fingerprint density at radius 1 is 0.917 bits per heavy atom. The Morgan fingerprint density at radius 2 is 1.44 bits per heavy atom. The van der Waals surface area contributed by atoms with Crippen molar-refractivity contribution in [3.8, 4) is 5.75 Å². The summed E-state index contributed by atoms with van der Waals surface area (Å²) in [5.41, 5.74) is 5.38. The van der Waals surface area contributed by atoms with E-state index in [1.807, 2.05) is 62.4 Å². The molecule has 0 aliphatic rings. The van der Waals surface area contributed by atoms with E-state index in [-0.39, 0.29) is 0 Å². The van der Waals surface area contributed by atoms with Gasteiger partial charge in [0, 0.05) is 4.47 Å². The predicted octanol–water partition coefficient (Wildman–Crippen LogP) is 6.03. The smallest absolute Gasteiger partial charge is 0.281 e. The molecule has 0 bridgehead atoms. The normalized spacial score (nSPS) is 11.4. The van der Waals surface area contributed by atoms with Crippen molar-refractivity contribution >= 4 is 28.1 Å². The van der Waals surface area contributed by atoms with Gasteiger partial charge in [0.25, 0.3) is 5.91 Å². The quantitative estimate of drug-likeness (QED) is 0.211. The van der Waals surface area contributed by atoms with E-state index in [1.165, 1.54) is 0 Å². The molecule has 0 radical (unpaired) electrons. The number of rotatable bonds is 8. The van der Waals surface area contributed by atoms with Crippen LogP contribution in [0.5, 0.6) is 5.75 Å². The van der Waals surface area contributed by atoms with Gasteiger partial charge < -0.3 is 9.84 Å². The van der Waals surface area contributed by atoms with Crippen molar-refractivity contribution in [2.45, 2.75) is 26.1 Å². The van der Waals surface area contributed by atoms with Gasteiger partial charge in [-0.3, -0.25) is 4.79 Å². The Balaban J connectivity index is 1.49. The van der Waals surface area contributed by atoms with Gasteiger partial charge in [0.05, 0.1) is 6.21 Å². The SMILES string of the molecule is Cc1cc(/C=N\NC(=O)C(O)(c2ccccc2)c2ccccc2)cc(C)c1OCc1ccc(Br)cc1. The molecule has 1 amide bonds. The number of aliphatic hydroxyl groups is 1. The number of benzene rings is 4. The standard InChI is InChI=1S/C30H27BrN2O3/c1-21-17-24(18-22(2)28(21)36-20-23-13-15-27(31)16-14-23)19-32-33-29(34)30(35,25-9-5-3-6-10-25)26-11-7-4-8-12-26/h3-19,35H,20H2,1-2H3,(H,33,34)/b32-19-. The van der Waals surface area contributed by atoms with Crippen molar-refractivity contribution in [3.05, 3.63) is 135 Å². The Kier molecular flexibility index (Phi) is 7.98. The molecule has 5 nitrogen and oxygen atoms in total. The first-order valence-corrected chi connectivity index (χ1v) is 12.3. The monoisotopic (exact) mass is 542 g/mol. The van der Waals surface area contributed by atoms with E-state index in [4.69, 9.17) is 4.74 Å². The molecule has 0 fully saturated rings. The lowest BCUT2D eigenvalue weighted by Crippen LogP contribution is -2.43. The van der Waals surface area contributed by atoms with Crippen molar-refractivity contribution in [2.24, 2.45) is 5.10 Å². The summed E-state index contributed by atoms with van der Waals surface area (Å²) < 4.78 is 7.10. The fourth-order valence-electron chi connectivity index (χ4n) is 4.06. The first-order chi connectivity index (χ1) is 17.4. The molecular weight excluding hydrogens is 516 g/mol. The van der Waals surface area contributed by atoms with Crippen LogP contribution in [0.2, 0.25) is 0 Å². The molecule has 4 aromatic carbocycles. The van der Waals surface area contributed by atoms with Gasteiger partial charge in [-0.15, -0.1) is 0 Å². The van der Waals surface area contributed by atoms with Crippen molar-refractivity contribution in [2.75, 3.05) is 0 Å². The van der Waals surface area contributed by atoms with Gasteiger partial charge in [-0.1, -0.05) is 88.7 Å². The van der Waals surface area contributed by atoms with Crippen LogP contribution in [0, 0.1) is 13.8 Å². The molecule has 6 heteroatoms. The number of hydrazone groups is 1. The minimum atomic E-state index is -1.88. The Hall–Kier alpha value is -3.74. The maximum absolute atomic E-state index is 13.2. The summed E-state index contributed by atoms with van der Waals surface area (Å²) in [4.78, 5) is 13.2. The number of carbonyl (C=O) groups excluding carboxylic acids is 1. The van der Waals surface area contributed by atoms with Crippen LogP contribution >= 0.6 is 15.9 Å². The summed E-state index contributed by atoms with van der Waals surface area (Å²) >= 11 is 3.44. The number of aryl methyl sites for hydroxylation is 2. The first kappa shape index (κ1) is 25.4. The van der Waals surface area contributed by atoms with E-state index >= 15 is 0 Å². The maximum atomic E-state index is 13.2. The molecule has 2 N–H and O–H groups in total. The maximum Gasteiger partial charge on any atom is 0.281 e. The molecule has 0 atom stereocenters.